The van der Waals surface area contributed by atoms with E-state index in [1.54, 1.807) is 0 Å². The second-order valence-electron chi connectivity index (χ2n) is 2.48. The van der Waals surface area contributed by atoms with Crippen molar-refractivity contribution in [3.05, 3.63) is 6.92 Å². The molecule has 0 aromatic heterocycles. The van der Waals surface area contributed by atoms with Gasteiger partial charge in [0.15, 0.2) is 11.5 Å². The maximum absolute atomic E-state index is 7.33. The fourth-order valence-electron chi connectivity index (χ4n) is 0.750. The molecule has 0 amide bonds. The highest BCUT2D eigenvalue weighted by Gasteiger charge is 2.07. The summed E-state index contributed by atoms with van der Waals surface area (Å²) < 4.78 is 4.75. The van der Waals surface area contributed by atoms with Gasteiger partial charge in [-0.1, -0.05) is 26.7 Å². The molecule has 0 fully saturated rings. The first-order chi connectivity index (χ1) is 5.22. The van der Waals surface area contributed by atoms with Crippen LogP contribution in [0.2, 0.25) is 0 Å². The Balaban J connectivity index is 3.54. The lowest BCUT2D eigenvalue weighted by Crippen LogP contribution is -2.12. The van der Waals surface area contributed by atoms with E-state index >= 15 is 0 Å². The Morgan fingerprint density at radius 2 is 2.45 bits per heavy atom. The van der Waals surface area contributed by atoms with Gasteiger partial charge in [-0.2, -0.15) is 0 Å². The van der Waals surface area contributed by atoms with Gasteiger partial charge < -0.3 is 4.74 Å². The van der Waals surface area contributed by atoms with E-state index < -0.39 is 0 Å². The molecule has 0 saturated carbocycles. The van der Waals surface area contributed by atoms with Gasteiger partial charge in [-0.05, 0) is 18.6 Å². The van der Waals surface area contributed by atoms with Crippen LogP contribution in [0.15, 0.2) is 0 Å². The third-order valence-corrected chi connectivity index (χ3v) is 1.61. The number of hydrogen-bond donors (Lipinski definition) is 1. The van der Waals surface area contributed by atoms with Gasteiger partial charge >= 0.3 is 0 Å². The molecular weight excluding hydrogens is 158 g/mol. The molecule has 1 unspecified atom stereocenters. The van der Waals surface area contributed by atoms with Gasteiger partial charge in [-0.3, -0.25) is 5.41 Å². The monoisotopic (exact) mass is 172 g/mol. The zero-order valence-corrected chi connectivity index (χ0v) is 7.62. The molecule has 63 valence electrons. The summed E-state index contributed by atoms with van der Waals surface area (Å²) in [6.45, 7) is 5.68. The van der Waals surface area contributed by atoms with E-state index in [2.05, 4.69) is 19.1 Å². The van der Waals surface area contributed by atoms with Gasteiger partial charge in [0.05, 0.1) is 0 Å². The Hall–Kier alpha value is -0.440. The van der Waals surface area contributed by atoms with E-state index in [9.17, 15) is 0 Å². The fourth-order valence-corrected chi connectivity index (χ4v) is 0.853. The van der Waals surface area contributed by atoms with Crippen LogP contribution in [-0.2, 0) is 4.74 Å². The summed E-state index contributed by atoms with van der Waals surface area (Å²) in [7, 11) is 0. The Kier molecular flexibility index (Phi) is 6.03. The zero-order chi connectivity index (χ0) is 8.69. The SMILES string of the molecule is [CH2]CCCC(C)C(=N)OC=S. The minimum atomic E-state index is 0.163. The summed E-state index contributed by atoms with van der Waals surface area (Å²) in [6, 6.07) is 0. The molecule has 0 aliphatic carbocycles. The molecule has 1 radical (unpaired) electrons. The molecule has 0 aliphatic heterocycles. The second kappa shape index (κ2) is 6.28. The van der Waals surface area contributed by atoms with Crippen molar-refractivity contribution in [2.45, 2.75) is 26.2 Å². The molecule has 0 aromatic rings. The van der Waals surface area contributed by atoms with Gasteiger partial charge in [0, 0.05) is 5.92 Å². The molecule has 0 saturated heterocycles. The molecular formula is C8H14NOS. The molecule has 0 aliphatic rings. The Labute approximate surface area is 73.5 Å². The molecule has 1 N–H and O–H groups in total. The van der Waals surface area contributed by atoms with E-state index in [1.165, 1.54) is 0 Å². The van der Waals surface area contributed by atoms with E-state index in [0.29, 0.717) is 0 Å². The van der Waals surface area contributed by atoms with E-state index in [0.717, 1.165) is 24.8 Å². The second-order valence-corrected chi connectivity index (χ2v) is 2.67. The molecule has 0 rings (SSSR count). The van der Waals surface area contributed by atoms with Gasteiger partial charge in [-0.25, -0.2) is 0 Å². The first kappa shape index (κ1) is 10.6. The van der Waals surface area contributed by atoms with Crippen LogP contribution in [0.3, 0.4) is 0 Å². The predicted molar refractivity (Wildman–Crippen MR) is 50.8 cm³/mol. The average Bonchev–Trinajstić information content (AvgIpc) is 2.00. The molecule has 1 atom stereocenters. The molecule has 11 heavy (non-hydrogen) atoms. The van der Waals surface area contributed by atoms with Gasteiger partial charge in [0.2, 0.25) is 0 Å². The maximum atomic E-state index is 7.33. The van der Waals surface area contributed by atoms with Crippen LogP contribution in [0, 0.1) is 18.3 Å². The Bertz CT molecular complexity index is 136. The predicted octanol–water partition coefficient (Wildman–Crippen LogP) is 2.58. The van der Waals surface area contributed by atoms with Crippen molar-refractivity contribution in [1.29, 1.82) is 5.41 Å². The summed E-state index contributed by atoms with van der Waals surface area (Å²) in [5, 5.41) is 7.33. The zero-order valence-electron chi connectivity index (χ0n) is 6.80. The number of unbranched alkanes of at least 4 members (excludes halogenated alkanes) is 1. The highest BCUT2D eigenvalue weighted by Crippen LogP contribution is 2.08. The molecule has 2 nitrogen and oxygen atoms in total. The van der Waals surface area contributed by atoms with Gasteiger partial charge in [0.25, 0.3) is 0 Å². The first-order valence-corrected chi connectivity index (χ1v) is 4.17. The number of hydrogen-bond acceptors (Lipinski definition) is 3. The summed E-state index contributed by atoms with van der Waals surface area (Å²) in [5.41, 5.74) is 1.13. The summed E-state index contributed by atoms with van der Waals surface area (Å²) >= 11 is 4.46. The fraction of sp³-hybridized carbons (Fsp3) is 0.625. The Morgan fingerprint density at radius 1 is 1.82 bits per heavy atom. The molecule has 0 bridgehead atoms. The summed E-state index contributed by atoms with van der Waals surface area (Å²) in [4.78, 5) is 0. The highest BCUT2D eigenvalue weighted by molar-refractivity contribution is 7.78. The normalized spacial score (nSPS) is 12.2. The maximum Gasteiger partial charge on any atom is 0.190 e. The number of rotatable bonds is 5. The lowest BCUT2D eigenvalue weighted by molar-refractivity contribution is 0.487. The van der Waals surface area contributed by atoms with Crippen molar-refractivity contribution in [3.63, 3.8) is 0 Å². The van der Waals surface area contributed by atoms with Crippen molar-refractivity contribution in [2.24, 2.45) is 5.92 Å². The minimum absolute atomic E-state index is 0.163. The third-order valence-electron chi connectivity index (χ3n) is 1.51. The van der Waals surface area contributed by atoms with Crippen molar-refractivity contribution >= 4 is 23.7 Å². The number of nitrogens with one attached hydrogen (secondary N) is 1. The van der Waals surface area contributed by atoms with Crippen molar-refractivity contribution in [2.75, 3.05) is 0 Å². The van der Waals surface area contributed by atoms with Crippen LogP contribution in [0.4, 0.5) is 0 Å². The largest absolute Gasteiger partial charge is 0.440 e. The van der Waals surface area contributed by atoms with Crippen molar-refractivity contribution in [3.8, 4) is 0 Å². The van der Waals surface area contributed by atoms with Crippen LogP contribution in [0.25, 0.3) is 0 Å². The summed E-state index contributed by atoms with van der Waals surface area (Å²) in [6.07, 6.45) is 2.89. The van der Waals surface area contributed by atoms with Crippen LogP contribution < -0.4 is 0 Å². The quantitative estimate of drug-likeness (QED) is 0.393. The number of ether oxygens (including phenoxy) is 1. The van der Waals surface area contributed by atoms with E-state index in [1.807, 2.05) is 6.92 Å². The molecule has 0 spiro atoms. The van der Waals surface area contributed by atoms with Crippen LogP contribution in [0.1, 0.15) is 26.2 Å². The number of thiocarbonyl (C=S) groups is 1. The minimum Gasteiger partial charge on any atom is -0.440 e. The molecule has 0 heterocycles. The van der Waals surface area contributed by atoms with Crippen LogP contribution in [-0.4, -0.2) is 11.5 Å². The molecule has 3 heteroatoms. The van der Waals surface area contributed by atoms with Crippen LogP contribution >= 0.6 is 12.2 Å². The van der Waals surface area contributed by atoms with Gasteiger partial charge in [0.1, 0.15) is 0 Å². The summed E-state index contributed by atoms with van der Waals surface area (Å²) in [5.74, 6) is 0.421. The Morgan fingerprint density at radius 3 is 2.91 bits per heavy atom. The van der Waals surface area contributed by atoms with E-state index in [4.69, 9.17) is 10.1 Å². The van der Waals surface area contributed by atoms with Crippen molar-refractivity contribution in [1.82, 2.24) is 0 Å². The van der Waals surface area contributed by atoms with Crippen LogP contribution in [0.5, 0.6) is 0 Å². The standard InChI is InChI=1S/C8H14NOS/c1-3-4-5-7(2)8(9)10-6-11/h6-7,9H,1,3-5H2,2H3. The lowest BCUT2D eigenvalue weighted by Gasteiger charge is -2.09. The first-order valence-electron chi connectivity index (χ1n) is 3.70. The third kappa shape index (κ3) is 4.90. The lowest BCUT2D eigenvalue weighted by atomic mass is 10.0. The average molecular weight is 172 g/mol. The van der Waals surface area contributed by atoms with Gasteiger partial charge in [-0.15, -0.1) is 0 Å². The van der Waals surface area contributed by atoms with E-state index in [-0.39, 0.29) is 11.8 Å². The smallest absolute Gasteiger partial charge is 0.190 e. The van der Waals surface area contributed by atoms with Crippen molar-refractivity contribution < 1.29 is 4.74 Å². The topological polar surface area (TPSA) is 33.1 Å². The molecule has 0 aromatic carbocycles. The highest BCUT2D eigenvalue weighted by atomic mass is 32.1.